The number of ketones is 1. The highest BCUT2D eigenvalue weighted by Gasteiger charge is 2.07. The lowest BCUT2D eigenvalue weighted by Gasteiger charge is -2.09. The van der Waals surface area contributed by atoms with Gasteiger partial charge in [0.05, 0.1) is 23.5 Å². The van der Waals surface area contributed by atoms with E-state index >= 15 is 0 Å². The van der Waals surface area contributed by atoms with Gasteiger partial charge in [0, 0.05) is 18.8 Å². The molecule has 5 heteroatoms. The van der Waals surface area contributed by atoms with Gasteiger partial charge in [-0.3, -0.25) is 9.48 Å². The lowest BCUT2D eigenvalue weighted by molar-refractivity contribution is 0.101. The molecule has 19 heavy (non-hydrogen) atoms. The summed E-state index contributed by atoms with van der Waals surface area (Å²) in [7, 11) is 1.86. The number of carbonyl (C=O) groups excluding carboxylic acids is 1. The first-order valence-corrected chi connectivity index (χ1v) is 5.87. The topological polar surface area (TPSA) is 70.7 Å². The summed E-state index contributed by atoms with van der Waals surface area (Å²) >= 11 is 0. The zero-order valence-electron chi connectivity index (χ0n) is 10.8. The van der Waals surface area contributed by atoms with E-state index in [-0.39, 0.29) is 5.78 Å². The summed E-state index contributed by atoms with van der Waals surface area (Å²) in [5.74, 6) is -0.0203. The summed E-state index contributed by atoms with van der Waals surface area (Å²) in [6.07, 6.45) is 1.72. The van der Waals surface area contributed by atoms with Gasteiger partial charge in [0.15, 0.2) is 5.78 Å². The zero-order chi connectivity index (χ0) is 13.8. The number of rotatable bonds is 4. The molecule has 0 aliphatic rings. The normalized spacial score (nSPS) is 9.95. The predicted octanol–water partition coefficient (Wildman–Crippen LogP) is 2.11. The third-order valence-corrected chi connectivity index (χ3v) is 2.93. The standard InChI is InChI=1S/C14H14N4O/c1-10(19)11-3-4-12(8-15)14(7-11)16-9-13-5-6-17-18(13)2/h3-7,16H,9H2,1-2H3. The summed E-state index contributed by atoms with van der Waals surface area (Å²) in [5, 5.41) is 16.3. The van der Waals surface area contributed by atoms with E-state index < -0.39 is 0 Å². The van der Waals surface area contributed by atoms with Gasteiger partial charge in [-0.25, -0.2) is 0 Å². The predicted molar refractivity (Wildman–Crippen MR) is 71.7 cm³/mol. The minimum absolute atomic E-state index is 0.0203. The highest BCUT2D eigenvalue weighted by molar-refractivity contribution is 5.95. The maximum absolute atomic E-state index is 11.4. The molecule has 0 bridgehead atoms. The van der Waals surface area contributed by atoms with E-state index in [9.17, 15) is 4.79 Å². The Balaban J connectivity index is 2.23. The number of nitrogens with one attached hydrogen (secondary N) is 1. The van der Waals surface area contributed by atoms with E-state index in [1.54, 1.807) is 29.1 Å². The van der Waals surface area contributed by atoms with Gasteiger partial charge in [0.2, 0.25) is 0 Å². The van der Waals surface area contributed by atoms with Crippen molar-refractivity contribution in [2.24, 2.45) is 7.05 Å². The molecule has 0 aliphatic carbocycles. The van der Waals surface area contributed by atoms with Crippen molar-refractivity contribution in [3.8, 4) is 6.07 Å². The third-order valence-electron chi connectivity index (χ3n) is 2.93. The molecule has 96 valence electrons. The van der Waals surface area contributed by atoms with Crippen LogP contribution in [0.4, 0.5) is 5.69 Å². The van der Waals surface area contributed by atoms with Crippen LogP contribution in [-0.4, -0.2) is 15.6 Å². The minimum Gasteiger partial charge on any atom is -0.378 e. The Bertz CT molecular complexity index is 652. The molecule has 0 unspecified atom stereocenters. The second-order valence-electron chi connectivity index (χ2n) is 4.23. The Hall–Kier alpha value is -2.61. The largest absolute Gasteiger partial charge is 0.378 e. The van der Waals surface area contributed by atoms with Crippen LogP contribution in [0.15, 0.2) is 30.5 Å². The first-order chi connectivity index (χ1) is 9.11. The lowest BCUT2D eigenvalue weighted by Crippen LogP contribution is -2.07. The van der Waals surface area contributed by atoms with Crippen LogP contribution in [0.3, 0.4) is 0 Å². The lowest BCUT2D eigenvalue weighted by atomic mass is 10.1. The Morgan fingerprint density at radius 1 is 1.47 bits per heavy atom. The van der Waals surface area contributed by atoms with Crippen molar-refractivity contribution >= 4 is 11.5 Å². The number of anilines is 1. The molecule has 5 nitrogen and oxygen atoms in total. The molecule has 0 fully saturated rings. The smallest absolute Gasteiger partial charge is 0.159 e. The van der Waals surface area contributed by atoms with Gasteiger partial charge in [0.1, 0.15) is 6.07 Å². The molecule has 1 aromatic carbocycles. The van der Waals surface area contributed by atoms with Gasteiger partial charge in [-0.2, -0.15) is 10.4 Å². The quantitative estimate of drug-likeness (QED) is 0.848. The maximum Gasteiger partial charge on any atom is 0.159 e. The molecule has 0 saturated carbocycles. The molecule has 0 spiro atoms. The molecule has 1 heterocycles. The Morgan fingerprint density at radius 2 is 2.26 bits per heavy atom. The summed E-state index contributed by atoms with van der Waals surface area (Å²) in [6.45, 7) is 2.05. The van der Waals surface area contributed by atoms with Crippen molar-refractivity contribution < 1.29 is 4.79 Å². The summed E-state index contributed by atoms with van der Waals surface area (Å²) in [5.41, 5.74) is 2.77. The molecule has 2 rings (SSSR count). The summed E-state index contributed by atoms with van der Waals surface area (Å²) in [4.78, 5) is 11.4. The van der Waals surface area contributed by atoms with Crippen LogP contribution < -0.4 is 5.32 Å². The number of benzene rings is 1. The Labute approximate surface area is 111 Å². The van der Waals surface area contributed by atoms with E-state index in [1.165, 1.54) is 6.92 Å². The molecule has 0 saturated heterocycles. The van der Waals surface area contributed by atoms with Gasteiger partial charge in [-0.05, 0) is 31.2 Å². The van der Waals surface area contributed by atoms with Gasteiger partial charge in [-0.15, -0.1) is 0 Å². The van der Waals surface area contributed by atoms with Gasteiger partial charge < -0.3 is 5.32 Å². The Morgan fingerprint density at radius 3 is 2.84 bits per heavy atom. The van der Waals surface area contributed by atoms with E-state index in [2.05, 4.69) is 16.5 Å². The molecule has 1 aromatic heterocycles. The number of nitriles is 1. The number of aryl methyl sites for hydroxylation is 1. The first kappa shape index (κ1) is 12.8. The van der Waals surface area contributed by atoms with Crippen LogP contribution in [0.1, 0.15) is 28.5 Å². The van der Waals surface area contributed by atoms with E-state index in [4.69, 9.17) is 5.26 Å². The number of aromatic nitrogens is 2. The average molecular weight is 254 g/mol. The monoisotopic (exact) mass is 254 g/mol. The average Bonchev–Trinajstić information content (AvgIpc) is 2.81. The molecule has 0 amide bonds. The van der Waals surface area contributed by atoms with Crippen molar-refractivity contribution in [2.45, 2.75) is 13.5 Å². The number of hydrogen-bond donors (Lipinski definition) is 1. The van der Waals surface area contributed by atoms with Crippen LogP contribution in [0.25, 0.3) is 0 Å². The zero-order valence-corrected chi connectivity index (χ0v) is 10.8. The molecule has 2 aromatic rings. The molecule has 1 N–H and O–H groups in total. The van der Waals surface area contributed by atoms with Crippen molar-refractivity contribution in [3.05, 3.63) is 47.3 Å². The fraction of sp³-hybridized carbons (Fsp3) is 0.214. The number of carbonyl (C=O) groups is 1. The Kier molecular flexibility index (Phi) is 3.62. The maximum atomic E-state index is 11.4. The SMILES string of the molecule is CC(=O)c1ccc(C#N)c(NCc2ccnn2C)c1. The van der Waals surface area contributed by atoms with Crippen molar-refractivity contribution in [1.82, 2.24) is 9.78 Å². The highest BCUT2D eigenvalue weighted by atomic mass is 16.1. The molecule has 0 aliphatic heterocycles. The van der Waals surface area contributed by atoms with Gasteiger partial charge in [0.25, 0.3) is 0 Å². The van der Waals surface area contributed by atoms with Gasteiger partial charge in [-0.1, -0.05) is 0 Å². The first-order valence-electron chi connectivity index (χ1n) is 5.87. The van der Waals surface area contributed by atoms with Crippen molar-refractivity contribution in [3.63, 3.8) is 0 Å². The fourth-order valence-electron chi connectivity index (χ4n) is 1.77. The minimum atomic E-state index is -0.0203. The van der Waals surface area contributed by atoms with Crippen molar-refractivity contribution in [2.75, 3.05) is 5.32 Å². The summed E-state index contributed by atoms with van der Waals surface area (Å²) in [6, 6.07) is 9.03. The van der Waals surface area contributed by atoms with E-state index in [0.717, 1.165) is 5.69 Å². The number of nitrogens with zero attached hydrogens (tertiary/aromatic N) is 3. The van der Waals surface area contributed by atoms with Crippen molar-refractivity contribution in [1.29, 1.82) is 5.26 Å². The van der Waals surface area contributed by atoms with Crippen LogP contribution >= 0.6 is 0 Å². The van der Waals surface area contributed by atoms with E-state index in [0.29, 0.717) is 23.4 Å². The molecule has 0 atom stereocenters. The second kappa shape index (κ2) is 5.36. The summed E-state index contributed by atoms with van der Waals surface area (Å²) < 4.78 is 1.76. The van der Waals surface area contributed by atoms with Crippen LogP contribution in [0, 0.1) is 11.3 Å². The molecule has 0 radical (unpaired) electrons. The van der Waals surface area contributed by atoms with Gasteiger partial charge >= 0.3 is 0 Å². The fourth-order valence-corrected chi connectivity index (χ4v) is 1.77. The van der Waals surface area contributed by atoms with E-state index in [1.807, 2.05) is 13.1 Å². The number of Topliss-reactive ketones (excluding diaryl/α,β-unsaturated/α-hetero) is 1. The second-order valence-corrected chi connectivity index (χ2v) is 4.23. The molecular formula is C14H14N4O. The van der Waals surface area contributed by atoms with Crippen LogP contribution in [0.2, 0.25) is 0 Å². The molecular weight excluding hydrogens is 240 g/mol. The number of hydrogen-bond acceptors (Lipinski definition) is 4. The third kappa shape index (κ3) is 2.80. The van der Waals surface area contributed by atoms with Crippen LogP contribution in [0.5, 0.6) is 0 Å². The highest BCUT2D eigenvalue weighted by Crippen LogP contribution is 2.18. The van der Waals surface area contributed by atoms with Crippen LogP contribution in [-0.2, 0) is 13.6 Å².